The summed E-state index contributed by atoms with van der Waals surface area (Å²) >= 11 is 4.90. The van der Waals surface area contributed by atoms with Crippen LogP contribution in [-0.2, 0) is 6.42 Å². The number of nitrogens with two attached hydrogens (primary N) is 1. The second kappa shape index (κ2) is 6.48. The molecule has 0 aliphatic carbocycles. The monoisotopic (exact) mass is 237 g/mol. The SMILES string of the molecule is CCOc1ccc(CC(C)CC(N)=S)cc1. The molecule has 0 aromatic heterocycles. The molecule has 1 unspecified atom stereocenters. The van der Waals surface area contributed by atoms with Gasteiger partial charge in [0.05, 0.1) is 11.6 Å². The Bertz CT molecular complexity index is 334. The molecule has 1 rings (SSSR count). The van der Waals surface area contributed by atoms with Gasteiger partial charge in [0.2, 0.25) is 0 Å². The quantitative estimate of drug-likeness (QED) is 0.773. The lowest BCUT2D eigenvalue weighted by molar-refractivity contribution is 0.340. The van der Waals surface area contributed by atoms with Crippen molar-refractivity contribution in [2.45, 2.75) is 26.7 Å². The second-order valence-electron chi connectivity index (χ2n) is 4.06. The Morgan fingerprint density at radius 3 is 2.50 bits per heavy atom. The van der Waals surface area contributed by atoms with Crippen molar-refractivity contribution in [2.75, 3.05) is 6.61 Å². The van der Waals surface area contributed by atoms with Crippen molar-refractivity contribution in [1.82, 2.24) is 0 Å². The van der Waals surface area contributed by atoms with Crippen LogP contribution in [0.2, 0.25) is 0 Å². The van der Waals surface area contributed by atoms with E-state index in [9.17, 15) is 0 Å². The average Bonchev–Trinajstić information content (AvgIpc) is 2.20. The first-order valence-electron chi connectivity index (χ1n) is 5.62. The molecule has 0 saturated heterocycles. The van der Waals surface area contributed by atoms with E-state index in [1.54, 1.807) is 0 Å². The molecule has 0 bridgehead atoms. The van der Waals surface area contributed by atoms with Gasteiger partial charge in [-0.1, -0.05) is 31.3 Å². The van der Waals surface area contributed by atoms with Gasteiger partial charge in [-0.15, -0.1) is 0 Å². The fraction of sp³-hybridized carbons (Fsp3) is 0.462. The first-order valence-corrected chi connectivity index (χ1v) is 6.02. The van der Waals surface area contributed by atoms with Gasteiger partial charge in [-0.3, -0.25) is 0 Å². The zero-order valence-electron chi connectivity index (χ0n) is 9.90. The van der Waals surface area contributed by atoms with Crippen LogP contribution in [0, 0.1) is 5.92 Å². The van der Waals surface area contributed by atoms with E-state index < -0.39 is 0 Å². The number of hydrogen-bond acceptors (Lipinski definition) is 2. The van der Waals surface area contributed by atoms with E-state index in [0.717, 1.165) is 18.6 Å². The van der Waals surface area contributed by atoms with Crippen LogP contribution in [0.15, 0.2) is 24.3 Å². The third-order valence-corrected chi connectivity index (χ3v) is 2.53. The number of thiocarbonyl (C=S) groups is 1. The summed E-state index contributed by atoms with van der Waals surface area (Å²) in [6.45, 7) is 4.85. The van der Waals surface area contributed by atoms with E-state index in [2.05, 4.69) is 19.1 Å². The Labute approximate surface area is 103 Å². The number of benzene rings is 1. The summed E-state index contributed by atoms with van der Waals surface area (Å²) in [4.78, 5) is 0.596. The Kier molecular flexibility index (Phi) is 5.26. The van der Waals surface area contributed by atoms with Gasteiger partial charge in [-0.2, -0.15) is 0 Å². The summed E-state index contributed by atoms with van der Waals surface area (Å²) in [6.07, 6.45) is 1.81. The van der Waals surface area contributed by atoms with Gasteiger partial charge in [0.25, 0.3) is 0 Å². The Morgan fingerprint density at radius 1 is 1.38 bits per heavy atom. The summed E-state index contributed by atoms with van der Waals surface area (Å²) in [6, 6.07) is 8.21. The third kappa shape index (κ3) is 4.62. The lowest BCUT2D eigenvalue weighted by Crippen LogP contribution is -2.13. The summed E-state index contributed by atoms with van der Waals surface area (Å²) in [5.41, 5.74) is 6.82. The van der Waals surface area contributed by atoms with Gasteiger partial charge < -0.3 is 10.5 Å². The molecule has 0 spiro atoms. The van der Waals surface area contributed by atoms with Crippen molar-refractivity contribution in [3.8, 4) is 5.75 Å². The van der Waals surface area contributed by atoms with Gasteiger partial charge in [0.15, 0.2) is 0 Å². The molecule has 2 N–H and O–H groups in total. The van der Waals surface area contributed by atoms with Crippen molar-refractivity contribution in [3.05, 3.63) is 29.8 Å². The fourth-order valence-corrected chi connectivity index (χ4v) is 1.99. The topological polar surface area (TPSA) is 35.2 Å². The molecule has 0 aliphatic heterocycles. The van der Waals surface area contributed by atoms with Crippen LogP contribution in [-0.4, -0.2) is 11.6 Å². The van der Waals surface area contributed by atoms with E-state index in [-0.39, 0.29) is 0 Å². The van der Waals surface area contributed by atoms with Crippen LogP contribution in [0.1, 0.15) is 25.8 Å². The van der Waals surface area contributed by atoms with Crippen molar-refractivity contribution >= 4 is 17.2 Å². The zero-order valence-corrected chi connectivity index (χ0v) is 10.7. The minimum Gasteiger partial charge on any atom is -0.494 e. The first-order chi connectivity index (χ1) is 7.61. The third-order valence-electron chi connectivity index (χ3n) is 2.37. The molecule has 0 amide bonds. The molecule has 88 valence electrons. The summed E-state index contributed by atoms with van der Waals surface area (Å²) < 4.78 is 5.39. The smallest absolute Gasteiger partial charge is 0.119 e. The molecule has 16 heavy (non-hydrogen) atoms. The predicted octanol–water partition coefficient (Wildman–Crippen LogP) is 2.94. The van der Waals surface area contributed by atoms with Gasteiger partial charge in [0, 0.05) is 6.42 Å². The van der Waals surface area contributed by atoms with E-state index in [0.29, 0.717) is 17.5 Å². The van der Waals surface area contributed by atoms with Crippen LogP contribution in [0.3, 0.4) is 0 Å². The Morgan fingerprint density at radius 2 is 2.00 bits per heavy atom. The van der Waals surface area contributed by atoms with Gasteiger partial charge in [-0.25, -0.2) is 0 Å². The van der Waals surface area contributed by atoms with Crippen LogP contribution in [0.5, 0.6) is 5.75 Å². The lowest BCUT2D eigenvalue weighted by Gasteiger charge is -2.10. The molecule has 1 aromatic rings. The highest BCUT2D eigenvalue weighted by molar-refractivity contribution is 7.80. The van der Waals surface area contributed by atoms with Gasteiger partial charge >= 0.3 is 0 Å². The molecule has 0 heterocycles. The molecular weight excluding hydrogens is 218 g/mol. The first kappa shape index (κ1) is 13.0. The van der Waals surface area contributed by atoms with E-state index in [1.165, 1.54) is 5.56 Å². The molecule has 0 radical (unpaired) electrons. The van der Waals surface area contributed by atoms with E-state index in [1.807, 2.05) is 19.1 Å². The molecule has 1 aromatic carbocycles. The van der Waals surface area contributed by atoms with Crippen LogP contribution < -0.4 is 10.5 Å². The van der Waals surface area contributed by atoms with Crippen molar-refractivity contribution in [3.63, 3.8) is 0 Å². The summed E-state index contributed by atoms with van der Waals surface area (Å²) in [5.74, 6) is 1.42. The molecule has 1 atom stereocenters. The van der Waals surface area contributed by atoms with Crippen molar-refractivity contribution in [2.24, 2.45) is 11.7 Å². The van der Waals surface area contributed by atoms with Crippen molar-refractivity contribution < 1.29 is 4.74 Å². The normalized spacial score (nSPS) is 12.1. The Hall–Kier alpha value is -1.09. The van der Waals surface area contributed by atoms with Crippen LogP contribution in [0.4, 0.5) is 0 Å². The maximum absolute atomic E-state index is 5.52. The van der Waals surface area contributed by atoms with E-state index in [4.69, 9.17) is 22.7 Å². The number of ether oxygens (including phenoxy) is 1. The zero-order chi connectivity index (χ0) is 12.0. The molecule has 3 heteroatoms. The van der Waals surface area contributed by atoms with Gasteiger partial charge in [0.1, 0.15) is 5.75 Å². The second-order valence-corrected chi connectivity index (χ2v) is 4.58. The minimum absolute atomic E-state index is 0.496. The van der Waals surface area contributed by atoms with Gasteiger partial charge in [-0.05, 0) is 37.0 Å². The highest BCUT2D eigenvalue weighted by Gasteiger charge is 2.05. The summed E-state index contributed by atoms with van der Waals surface area (Å²) in [5, 5.41) is 0. The number of rotatable bonds is 6. The highest BCUT2D eigenvalue weighted by Crippen LogP contribution is 2.16. The maximum Gasteiger partial charge on any atom is 0.119 e. The summed E-state index contributed by atoms with van der Waals surface area (Å²) in [7, 11) is 0. The molecule has 0 saturated carbocycles. The predicted molar refractivity (Wildman–Crippen MR) is 71.9 cm³/mol. The largest absolute Gasteiger partial charge is 0.494 e. The van der Waals surface area contributed by atoms with Crippen LogP contribution in [0.25, 0.3) is 0 Å². The Balaban J connectivity index is 2.51. The molecule has 2 nitrogen and oxygen atoms in total. The minimum atomic E-state index is 0.496. The lowest BCUT2D eigenvalue weighted by atomic mass is 9.98. The molecule has 0 fully saturated rings. The fourth-order valence-electron chi connectivity index (χ4n) is 1.71. The molecular formula is C13H19NOS. The maximum atomic E-state index is 5.52. The molecule has 0 aliphatic rings. The number of hydrogen-bond donors (Lipinski definition) is 1. The van der Waals surface area contributed by atoms with Crippen molar-refractivity contribution in [1.29, 1.82) is 0 Å². The van der Waals surface area contributed by atoms with E-state index >= 15 is 0 Å². The van der Waals surface area contributed by atoms with Crippen LogP contribution >= 0.6 is 12.2 Å². The average molecular weight is 237 g/mol. The standard InChI is InChI=1S/C13H19NOS/c1-3-15-12-6-4-11(5-7-12)8-10(2)9-13(14)16/h4-7,10H,3,8-9H2,1-2H3,(H2,14,16). The highest BCUT2D eigenvalue weighted by atomic mass is 32.1.